The smallest absolute Gasteiger partial charge is 0.239 e. The first-order chi connectivity index (χ1) is 22.5. The molecule has 2 aliphatic heterocycles. The molecule has 4 N–H and O–H groups in total. The van der Waals surface area contributed by atoms with Crippen LogP contribution >= 0.6 is 0 Å². The van der Waals surface area contributed by atoms with Crippen LogP contribution in [0.5, 0.6) is 0 Å². The first kappa shape index (κ1) is 29.1. The summed E-state index contributed by atoms with van der Waals surface area (Å²) in [5.74, 6) is 2.64. The molecule has 5 aromatic rings. The van der Waals surface area contributed by atoms with E-state index in [-0.39, 0.29) is 18.3 Å². The lowest BCUT2D eigenvalue weighted by Gasteiger charge is -2.32. The van der Waals surface area contributed by atoms with E-state index in [0.29, 0.717) is 35.7 Å². The average molecular weight is 615 g/mol. The van der Waals surface area contributed by atoms with Crippen molar-refractivity contribution in [2.45, 2.75) is 31.8 Å². The number of nitrogens with zero attached hydrogens (tertiary/aromatic N) is 9. The van der Waals surface area contributed by atoms with Crippen LogP contribution in [-0.4, -0.2) is 79.1 Å². The molecule has 2 aliphatic rings. The van der Waals surface area contributed by atoms with Crippen LogP contribution < -0.4 is 21.3 Å². The van der Waals surface area contributed by atoms with E-state index in [1.807, 2.05) is 39.8 Å². The Labute approximate surface area is 266 Å². The van der Waals surface area contributed by atoms with Gasteiger partial charge in [-0.3, -0.25) is 14.3 Å². The number of fused-ring (bicyclic) bond motifs is 1. The molecule has 0 saturated carbocycles. The monoisotopic (exact) mass is 614 g/mol. The number of benzene rings is 1. The number of imidazole rings is 1. The van der Waals surface area contributed by atoms with Gasteiger partial charge in [0, 0.05) is 56.8 Å². The van der Waals surface area contributed by atoms with E-state index in [9.17, 15) is 4.79 Å². The number of carbonyl (C=O) groups excluding carboxylic acids is 1. The van der Waals surface area contributed by atoms with Gasteiger partial charge < -0.3 is 21.3 Å². The molecule has 1 amide bonds. The molecular formula is C33H34N12O. The van der Waals surface area contributed by atoms with Gasteiger partial charge in [-0.25, -0.2) is 24.9 Å². The lowest BCUT2D eigenvalue weighted by molar-refractivity contribution is -0.119. The molecular weight excluding hydrogens is 580 g/mol. The van der Waals surface area contributed by atoms with Crippen molar-refractivity contribution >= 4 is 34.5 Å². The molecule has 4 aromatic heterocycles. The van der Waals surface area contributed by atoms with Gasteiger partial charge in [-0.05, 0) is 67.3 Å². The second kappa shape index (κ2) is 12.8. The van der Waals surface area contributed by atoms with Gasteiger partial charge in [-0.2, -0.15) is 5.26 Å². The molecule has 0 atom stereocenters. The average Bonchev–Trinajstić information content (AvgIpc) is 3.32. The van der Waals surface area contributed by atoms with Crippen molar-refractivity contribution < 1.29 is 4.79 Å². The Bertz CT molecular complexity index is 1910. The van der Waals surface area contributed by atoms with E-state index < -0.39 is 0 Å². The van der Waals surface area contributed by atoms with Gasteiger partial charge in [0.25, 0.3) is 0 Å². The number of nitrogens with one attached hydrogen (secondary N) is 2. The minimum atomic E-state index is -0.00671. The Balaban J connectivity index is 1.12. The van der Waals surface area contributed by atoms with Crippen molar-refractivity contribution in [3.63, 3.8) is 0 Å². The number of hydrogen-bond donors (Lipinski definition) is 3. The van der Waals surface area contributed by atoms with Crippen LogP contribution in [-0.2, 0) is 11.3 Å². The van der Waals surface area contributed by atoms with Crippen LogP contribution in [0.2, 0.25) is 0 Å². The fourth-order valence-corrected chi connectivity index (χ4v) is 6.10. The van der Waals surface area contributed by atoms with E-state index in [0.717, 1.165) is 68.0 Å². The van der Waals surface area contributed by atoms with E-state index in [2.05, 4.69) is 54.8 Å². The van der Waals surface area contributed by atoms with Crippen molar-refractivity contribution in [1.29, 1.82) is 5.26 Å². The number of nitriles is 1. The zero-order valence-corrected chi connectivity index (χ0v) is 25.3. The summed E-state index contributed by atoms with van der Waals surface area (Å²) in [7, 11) is 0. The lowest BCUT2D eigenvalue weighted by Crippen LogP contribution is -2.38. The topological polar surface area (TPSA) is 167 Å². The number of anilines is 3. The van der Waals surface area contributed by atoms with Gasteiger partial charge in [0.1, 0.15) is 29.0 Å². The third-order valence-corrected chi connectivity index (χ3v) is 8.45. The second-order valence-electron chi connectivity index (χ2n) is 11.6. The minimum Gasteiger partial charge on any atom is -0.383 e. The highest BCUT2D eigenvalue weighted by Crippen LogP contribution is 2.32. The van der Waals surface area contributed by atoms with Crippen LogP contribution in [0.4, 0.5) is 17.5 Å². The number of nitrogens with two attached hydrogens (primary N) is 1. The maximum absolute atomic E-state index is 12.3. The predicted octanol–water partition coefficient (Wildman–Crippen LogP) is 3.13. The number of hydrogen-bond acceptors (Lipinski definition) is 11. The van der Waals surface area contributed by atoms with Crippen molar-refractivity contribution in [2.24, 2.45) is 0 Å². The first-order valence-corrected chi connectivity index (χ1v) is 15.5. The Hall–Kier alpha value is -5.61. The van der Waals surface area contributed by atoms with E-state index in [1.165, 1.54) is 5.56 Å². The number of piperidine rings is 1. The fourth-order valence-electron chi connectivity index (χ4n) is 6.10. The van der Waals surface area contributed by atoms with E-state index in [4.69, 9.17) is 21.0 Å². The van der Waals surface area contributed by atoms with Crippen molar-refractivity contribution in [1.82, 2.24) is 39.7 Å². The predicted molar refractivity (Wildman–Crippen MR) is 175 cm³/mol. The molecule has 0 spiro atoms. The van der Waals surface area contributed by atoms with Crippen molar-refractivity contribution in [3.8, 4) is 23.1 Å². The zero-order chi connectivity index (χ0) is 31.5. The third-order valence-electron chi connectivity index (χ3n) is 8.45. The summed E-state index contributed by atoms with van der Waals surface area (Å²) >= 11 is 0. The molecule has 0 unspecified atom stereocenters. The van der Waals surface area contributed by atoms with Crippen molar-refractivity contribution in [3.05, 3.63) is 78.4 Å². The van der Waals surface area contributed by atoms with Crippen LogP contribution in [0.15, 0.2) is 67.0 Å². The molecule has 2 fully saturated rings. The number of carbonyl (C=O) groups is 1. The van der Waals surface area contributed by atoms with Crippen LogP contribution in [0.3, 0.4) is 0 Å². The number of rotatable bonds is 7. The normalized spacial score (nSPS) is 16.2. The molecule has 6 heterocycles. The molecule has 13 nitrogen and oxygen atoms in total. The van der Waals surface area contributed by atoms with Gasteiger partial charge in [0.05, 0.1) is 12.1 Å². The summed E-state index contributed by atoms with van der Waals surface area (Å²) < 4.78 is 2.02. The Morgan fingerprint density at radius 2 is 1.83 bits per heavy atom. The van der Waals surface area contributed by atoms with Crippen LogP contribution in [0.25, 0.3) is 28.2 Å². The summed E-state index contributed by atoms with van der Waals surface area (Å²) in [5, 5.41) is 15.5. The second-order valence-corrected chi connectivity index (χ2v) is 11.6. The Kier molecular flexibility index (Phi) is 8.09. The molecule has 2 saturated heterocycles. The Morgan fingerprint density at radius 3 is 2.63 bits per heavy atom. The highest BCUT2D eigenvalue weighted by atomic mass is 16.2. The summed E-state index contributed by atoms with van der Waals surface area (Å²) in [5.41, 5.74) is 10.6. The van der Waals surface area contributed by atoms with Gasteiger partial charge in [-0.15, -0.1) is 0 Å². The molecule has 46 heavy (non-hydrogen) atoms. The molecule has 0 radical (unpaired) electrons. The number of amides is 1. The third kappa shape index (κ3) is 6.15. The highest BCUT2D eigenvalue weighted by Gasteiger charge is 2.23. The van der Waals surface area contributed by atoms with Gasteiger partial charge in [-0.1, -0.05) is 12.1 Å². The number of nitrogen functional groups attached to an aromatic ring is 1. The largest absolute Gasteiger partial charge is 0.383 e. The maximum Gasteiger partial charge on any atom is 0.239 e. The van der Waals surface area contributed by atoms with Crippen LogP contribution in [0.1, 0.15) is 30.7 Å². The number of pyridine rings is 2. The van der Waals surface area contributed by atoms with E-state index in [1.54, 1.807) is 18.5 Å². The van der Waals surface area contributed by atoms with Crippen LogP contribution in [0, 0.1) is 11.3 Å². The summed E-state index contributed by atoms with van der Waals surface area (Å²) in [6, 6.07) is 20.2. The summed E-state index contributed by atoms with van der Waals surface area (Å²) in [6.07, 6.45) is 6.09. The van der Waals surface area contributed by atoms with Gasteiger partial charge in [0.2, 0.25) is 11.7 Å². The molecule has 0 aliphatic carbocycles. The van der Waals surface area contributed by atoms with E-state index >= 15 is 0 Å². The molecule has 13 heteroatoms. The number of aromatic nitrogens is 6. The summed E-state index contributed by atoms with van der Waals surface area (Å²) in [6.45, 7) is 4.40. The lowest BCUT2D eigenvalue weighted by atomic mass is 10.0. The standard InChI is InChI=1S/C33H34N12O/c34-19-28-36-15-10-27(41-28)39-23-11-17-43(18-12-23)20-22-4-6-24(7-5-22)45-32(25-3-1-13-38-31(25)35)40-26-8-9-29(42-33(26)45)44-16-2-14-37-30(46)21-44/h1,3-10,13,15,23H,2,11-12,14,16-18,20-21H2,(H2,35,38)(H,37,46)(H,36,39,41). The Morgan fingerprint density at radius 1 is 0.978 bits per heavy atom. The fraction of sp³-hybridized carbons (Fsp3) is 0.303. The SMILES string of the molecule is N#Cc1nccc(NC2CCN(Cc3ccc(-n4c(-c5cccnc5N)nc5ccc(N6CCCNC(=O)C6)nc54)cc3)CC2)n1. The van der Waals surface area contributed by atoms with Gasteiger partial charge in [0.15, 0.2) is 11.5 Å². The number of likely N-dealkylation sites (tertiary alicyclic amines) is 1. The zero-order valence-electron chi connectivity index (χ0n) is 25.3. The molecule has 232 valence electrons. The molecule has 1 aromatic carbocycles. The molecule has 7 rings (SSSR count). The highest BCUT2D eigenvalue weighted by molar-refractivity contribution is 5.85. The van der Waals surface area contributed by atoms with Crippen molar-refractivity contribution in [2.75, 3.05) is 48.7 Å². The summed E-state index contributed by atoms with van der Waals surface area (Å²) in [4.78, 5) is 39.2. The van der Waals surface area contributed by atoms with Gasteiger partial charge >= 0.3 is 0 Å². The molecule has 0 bridgehead atoms. The first-order valence-electron chi connectivity index (χ1n) is 15.5. The minimum absolute atomic E-state index is 0.00671. The quantitative estimate of drug-likeness (QED) is 0.246. The maximum atomic E-state index is 12.3.